The lowest BCUT2D eigenvalue weighted by molar-refractivity contribution is 0.412. The van der Waals surface area contributed by atoms with Gasteiger partial charge in [0.1, 0.15) is 5.82 Å². The summed E-state index contributed by atoms with van der Waals surface area (Å²) in [5.74, 6) is 1.04. The van der Waals surface area contributed by atoms with Crippen molar-refractivity contribution in [2.24, 2.45) is 0 Å². The molecule has 1 fully saturated rings. The molecule has 1 aromatic rings. The highest BCUT2D eigenvalue weighted by atomic mass is 15.2. The van der Waals surface area contributed by atoms with Gasteiger partial charge < -0.3 is 10.2 Å². The summed E-state index contributed by atoms with van der Waals surface area (Å²) < 4.78 is 0. The minimum atomic E-state index is 0.103. The highest BCUT2D eigenvalue weighted by Gasteiger charge is 2.21. The Bertz CT molecular complexity index is 433. The second-order valence-corrected chi connectivity index (χ2v) is 7.05. The maximum Gasteiger partial charge on any atom is 0.147 e. The van der Waals surface area contributed by atoms with Gasteiger partial charge in [0, 0.05) is 30.9 Å². The SMILES string of the molecule is CCN(c1cncc(CNC(C)(C)C)n1)C1CCCCC1. The molecule has 21 heavy (non-hydrogen) atoms. The average molecular weight is 290 g/mol. The van der Waals surface area contributed by atoms with Gasteiger partial charge in [0.25, 0.3) is 0 Å². The van der Waals surface area contributed by atoms with Gasteiger partial charge in [-0.25, -0.2) is 4.98 Å². The van der Waals surface area contributed by atoms with E-state index in [9.17, 15) is 0 Å². The monoisotopic (exact) mass is 290 g/mol. The summed E-state index contributed by atoms with van der Waals surface area (Å²) in [6, 6.07) is 0.642. The zero-order valence-electron chi connectivity index (χ0n) is 14.0. The molecule has 1 N–H and O–H groups in total. The third kappa shape index (κ3) is 4.95. The van der Waals surface area contributed by atoms with Crippen molar-refractivity contribution < 1.29 is 0 Å². The molecule has 0 radical (unpaired) electrons. The van der Waals surface area contributed by atoms with E-state index >= 15 is 0 Å². The van der Waals surface area contributed by atoms with Crippen LogP contribution in [0.15, 0.2) is 12.4 Å². The molecule has 0 aromatic carbocycles. The minimum absolute atomic E-state index is 0.103. The van der Waals surface area contributed by atoms with Crippen LogP contribution in [-0.4, -0.2) is 28.1 Å². The van der Waals surface area contributed by atoms with Crippen LogP contribution in [0.1, 0.15) is 65.5 Å². The second-order valence-electron chi connectivity index (χ2n) is 7.05. The number of aromatic nitrogens is 2. The van der Waals surface area contributed by atoms with Gasteiger partial charge in [0.2, 0.25) is 0 Å². The summed E-state index contributed by atoms with van der Waals surface area (Å²) >= 11 is 0. The van der Waals surface area contributed by atoms with E-state index in [1.54, 1.807) is 0 Å². The standard InChI is InChI=1S/C17H30N4/c1-5-21(15-9-7-6-8-10-15)16-13-18-11-14(20-16)12-19-17(2,3)4/h11,13,15,19H,5-10,12H2,1-4H3. The van der Waals surface area contributed by atoms with E-state index in [2.05, 4.69) is 42.9 Å². The van der Waals surface area contributed by atoms with Crippen molar-refractivity contribution in [3.05, 3.63) is 18.1 Å². The fourth-order valence-corrected chi connectivity index (χ4v) is 2.97. The Labute approximate surface area is 129 Å². The molecule has 0 amide bonds. The Kier molecular flexibility index (Phi) is 5.57. The fourth-order valence-electron chi connectivity index (χ4n) is 2.97. The van der Waals surface area contributed by atoms with Gasteiger partial charge in [-0.3, -0.25) is 4.98 Å². The number of hydrogen-bond acceptors (Lipinski definition) is 4. The average Bonchev–Trinajstić information content (AvgIpc) is 2.47. The molecule has 118 valence electrons. The van der Waals surface area contributed by atoms with Crippen LogP contribution in [0.2, 0.25) is 0 Å². The van der Waals surface area contributed by atoms with Gasteiger partial charge in [-0.2, -0.15) is 0 Å². The third-order valence-electron chi connectivity index (χ3n) is 4.12. The molecule has 1 heterocycles. The summed E-state index contributed by atoms with van der Waals surface area (Å²) in [6.45, 7) is 10.5. The molecular formula is C17H30N4. The summed E-state index contributed by atoms with van der Waals surface area (Å²) in [7, 11) is 0. The molecule has 0 spiro atoms. The van der Waals surface area contributed by atoms with Crippen molar-refractivity contribution in [2.45, 2.75) is 77.9 Å². The molecule has 2 rings (SSSR count). The normalized spacial score (nSPS) is 17.0. The first kappa shape index (κ1) is 16.2. The zero-order valence-corrected chi connectivity index (χ0v) is 14.0. The van der Waals surface area contributed by atoms with Crippen LogP contribution < -0.4 is 10.2 Å². The van der Waals surface area contributed by atoms with Crippen LogP contribution in [-0.2, 0) is 6.54 Å². The minimum Gasteiger partial charge on any atom is -0.353 e. The van der Waals surface area contributed by atoms with E-state index in [0.717, 1.165) is 24.6 Å². The fraction of sp³-hybridized carbons (Fsp3) is 0.765. The van der Waals surface area contributed by atoms with Crippen molar-refractivity contribution in [3.63, 3.8) is 0 Å². The molecular weight excluding hydrogens is 260 g/mol. The molecule has 1 saturated carbocycles. The predicted molar refractivity (Wildman–Crippen MR) is 88.5 cm³/mol. The summed E-state index contributed by atoms with van der Waals surface area (Å²) in [5, 5.41) is 3.48. The molecule has 1 aromatic heterocycles. The van der Waals surface area contributed by atoms with Gasteiger partial charge in [-0.15, -0.1) is 0 Å². The van der Waals surface area contributed by atoms with Gasteiger partial charge in [0.15, 0.2) is 0 Å². The Hall–Kier alpha value is -1.16. The molecule has 4 nitrogen and oxygen atoms in total. The lowest BCUT2D eigenvalue weighted by atomic mass is 9.94. The first-order valence-electron chi connectivity index (χ1n) is 8.32. The number of nitrogens with zero attached hydrogens (tertiary/aromatic N) is 3. The largest absolute Gasteiger partial charge is 0.353 e. The summed E-state index contributed by atoms with van der Waals surface area (Å²) in [4.78, 5) is 11.7. The Morgan fingerprint density at radius 3 is 2.52 bits per heavy atom. The molecule has 1 aliphatic carbocycles. The van der Waals surface area contributed by atoms with Crippen LogP contribution >= 0.6 is 0 Å². The number of anilines is 1. The van der Waals surface area contributed by atoms with Gasteiger partial charge in [0.05, 0.1) is 11.9 Å². The van der Waals surface area contributed by atoms with E-state index in [0.29, 0.717) is 6.04 Å². The van der Waals surface area contributed by atoms with Crippen molar-refractivity contribution >= 4 is 5.82 Å². The number of nitrogens with one attached hydrogen (secondary N) is 1. The van der Waals surface area contributed by atoms with Crippen LogP contribution in [0, 0.1) is 0 Å². The predicted octanol–water partition coefficient (Wildman–Crippen LogP) is 3.52. The maximum absolute atomic E-state index is 4.82. The van der Waals surface area contributed by atoms with Crippen LogP contribution in [0.5, 0.6) is 0 Å². The van der Waals surface area contributed by atoms with E-state index < -0.39 is 0 Å². The Morgan fingerprint density at radius 2 is 1.90 bits per heavy atom. The Balaban J connectivity index is 2.07. The van der Waals surface area contributed by atoms with Crippen molar-refractivity contribution in [3.8, 4) is 0 Å². The van der Waals surface area contributed by atoms with Gasteiger partial charge in [-0.1, -0.05) is 19.3 Å². The number of rotatable bonds is 5. The molecule has 0 unspecified atom stereocenters. The zero-order chi connectivity index (χ0) is 15.3. The van der Waals surface area contributed by atoms with Crippen molar-refractivity contribution in [2.75, 3.05) is 11.4 Å². The molecule has 0 saturated heterocycles. The summed E-state index contributed by atoms with van der Waals surface area (Å²) in [6.07, 6.45) is 10.4. The maximum atomic E-state index is 4.82. The van der Waals surface area contributed by atoms with Gasteiger partial charge in [-0.05, 0) is 40.5 Å². The molecule has 0 atom stereocenters. The topological polar surface area (TPSA) is 41.1 Å². The molecule has 4 heteroatoms. The Morgan fingerprint density at radius 1 is 1.19 bits per heavy atom. The smallest absolute Gasteiger partial charge is 0.147 e. The highest BCUT2D eigenvalue weighted by molar-refractivity contribution is 5.37. The molecule has 0 bridgehead atoms. The third-order valence-corrected chi connectivity index (χ3v) is 4.12. The van der Waals surface area contributed by atoms with Crippen LogP contribution in [0.3, 0.4) is 0 Å². The van der Waals surface area contributed by atoms with Crippen LogP contribution in [0.25, 0.3) is 0 Å². The van der Waals surface area contributed by atoms with E-state index in [4.69, 9.17) is 4.98 Å². The van der Waals surface area contributed by atoms with Crippen LogP contribution in [0.4, 0.5) is 5.82 Å². The first-order valence-corrected chi connectivity index (χ1v) is 8.32. The molecule has 0 aliphatic heterocycles. The number of hydrogen-bond donors (Lipinski definition) is 1. The second kappa shape index (κ2) is 7.21. The molecule has 1 aliphatic rings. The summed E-state index contributed by atoms with van der Waals surface area (Å²) in [5.41, 5.74) is 1.13. The lowest BCUT2D eigenvalue weighted by Gasteiger charge is -2.34. The quantitative estimate of drug-likeness (QED) is 0.901. The van der Waals surface area contributed by atoms with E-state index in [1.807, 2.05) is 12.4 Å². The van der Waals surface area contributed by atoms with E-state index in [1.165, 1.54) is 32.1 Å². The van der Waals surface area contributed by atoms with Crippen molar-refractivity contribution in [1.82, 2.24) is 15.3 Å². The van der Waals surface area contributed by atoms with Crippen molar-refractivity contribution in [1.29, 1.82) is 0 Å². The van der Waals surface area contributed by atoms with Gasteiger partial charge >= 0.3 is 0 Å². The lowest BCUT2D eigenvalue weighted by Crippen LogP contribution is -2.38. The first-order chi connectivity index (χ1) is 9.99. The van der Waals surface area contributed by atoms with E-state index in [-0.39, 0.29) is 5.54 Å². The highest BCUT2D eigenvalue weighted by Crippen LogP contribution is 2.25.